The van der Waals surface area contributed by atoms with E-state index in [9.17, 15) is 0 Å². The molecule has 2 aromatic carbocycles. The van der Waals surface area contributed by atoms with Gasteiger partial charge in [-0.1, -0.05) is 23.7 Å². The summed E-state index contributed by atoms with van der Waals surface area (Å²) in [6.45, 7) is 3.03. The zero-order valence-corrected chi connectivity index (χ0v) is 14.2. The number of benzene rings is 2. The highest BCUT2D eigenvalue weighted by Gasteiger charge is 2.14. The number of allylic oxidation sites excluding steroid dienone is 2. The average molecular weight is 339 g/mol. The summed E-state index contributed by atoms with van der Waals surface area (Å²) in [5.74, 6) is 0. The van der Waals surface area contributed by atoms with E-state index in [1.807, 2.05) is 17.6 Å². The van der Waals surface area contributed by atoms with Crippen molar-refractivity contribution in [3.63, 3.8) is 0 Å². The van der Waals surface area contributed by atoms with Gasteiger partial charge < -0.3 is 4.90 Å². The first-order valence-corrected chi connectivity index (χ1v) is 8.71. The van der Waals surface area contributed by atoms with Gasteiger partial charge in [-0.25, -0.2) is 4.98 Å². The first-order valence-electron chi connectivity index (χ1n) is 7.45. The second-order valence-corrected chi connectivity index (χ2v) is 6.92. The van der Waals surface area contributed by atoms with E-state index in [0.29, 0.717) is 0 Å². The molecule has 0 radical (unpaired) electrons. The molecule has 1 aliphatic rings. The lowest BCUT2D eigenvalue weighted by atomic mass is 9.97. The predicted molar refractivity (Wildman–Crippen MR) is 100 cm³/mol. The van der Waals surface area contributed by atoms with Crippen molar-refractivity contribution in [1.82, 2.24) is 4.98 Å². The molecule has 2 nitrogen and oxygen atoms in total. The van der Waals surface area contributed by atoms with Crippen LogP contribution in [-0.2, 0) is 0 Å². The van der Waals surface area contributed by atoms with Crippen LogP contribution in [0.4, 0.5) is 5.69 Å². The van der Waals surface area contributed by atoms with E-state index in [2.05, 4.69) is 59.4 Å². The highest BCUT2D eigenvalue weighted by Crippen LogP contribution is 2.31. The van der Waals surface area contributed by atoms with Crippen LogP contribution in [0.3, 0.4) is 0 Å². The van der Waals surface area contributed by atoms with Crippen LogP contribution in [0.15, 0.2) is 65.8 Å². The molecule has 0 aliphatic carbocycles. The molecule has 0 fully saturated rings. The van der Waals surface area contributed by atoms with Crippen LogP contribution in [0, 0.1) is 0 Å². The van der Waals surface area contributed by atoms with Gasteiger partial charge in [0.05, 0.1) is 15.7 Å². The standard InChI is InChI=1S/C19H15ClN2S/c1-13-8-9-22(16-5-3-15(20)4-6-16)11-17(13)14-2-7-19-18(10-14)21-12-23-19/h2-8,10-12H,9H2,1H3. The number of thiazole rings is 1. The van der Waals surface area contributed by atoms with Crippen molar-refractivity contribution >= 4 is 44.4 Å². The Morgan fingerprint density at radius 1 is 1.13 bits per heavy atom. The van der Waals surface area contributed by atoms with Crippen LogP contribution in [0.2, 0.25) is 5.02 Å². The SMILES string of the molecule is CC1=CCN(c2ccc(Cl)cc2)C=C1c1ccc2scnc2c1. The van der Waals surface area contributed by atoms with E-state index in [-0.39, 0.29) is 0 Å². The van der Waals surface area contributed by atoms with Crippen LogP contribution in [0.5, 0.6) is 0 Å². The number of nitrogens with zero attached hydrogens (tertiary/aromatic N) is 2. The first kappa shape index (κ1) is 14.5. The molecule has 0 spiro atoms. The maximum Gasteiger partial charge on any atom is 0.0818 e. The zero-order valence-electron chi connectivity index (χ0n) is 12.7. The van der Waals surface area contributed by atoms with Gasteiger partial charge in [0, 0.05) is 29.0 Å². The second kappa shape index (κ2) is 5.84. The minimum absolute atomic E-state index is 0.760. The van der Waals surface area contributed by atoms with E-state index >= 15 is 0 Å². The fourth-order valence-electron chi connectivity index (χ4n) is 2.80. The summed E-state index contributed by atoms with van der Waals surface area (Å²) in [5.41, 5.74) is 7.84. The molecule has 1 aliphatic heterocycles. The molecule has 0 saturated heterocycles. The smallest absolute Gasteiger partial charge is 0.0818 e. The lowest BCUT2D eigenvalue weighted by Crippen LogP contribution is -2.20. The zero-order chi connectivity index (χ0) is 15.8. The van der Waals surface area contributed by atoms with Gasteiger partial charge in [-0.15, -0.1) is 11.3 Å². The summed E-state index contributed by atoms with van der Waals surface area (Å²) in [7, 11) is 0. The molecule has 23 heavy (non-hydrogen) atoms. The molecule has 0 unspecified atom stereocenters. The largest absolute Gasteiger partial charge is 0.344 e. The summed E-state index contributed by atoms with van der Waals surface area (Å²) in [4.78, 5) is 6.67. The molecular formula is C19H15ClN2S. The van der Waals surface area contributed by atoms with Gasteiger partial charge in [0.25, 0.3) is 0 Å². The molecule has 114 valence electrons. The van der Waals surface area contributed by atoms with Gasteiger partial charge in [-0.3, -0.25) is 0 Å². The summed E-state index contributed by atoms with van der Waals surface area (Å²) >= 11 is 7.67. The quantitative estimate of drug-likeness (QED) is 0.590. The van der Waals surface area contributed by atoms with E-state index in [1.165, 1.54) is 21.4 Å². The minimum Gasteiger partial charge on any atom is -0.344 e. The lowest BCUT2D eigenvalue weighted by Gasteiger charge is -2.26. The molecule has 0 amide bonds. The van der Waals surface area contributed by atoms with Crippen molar-refractivity contribution in [2.45, 2.75) is 6.92 Å². The molecule has 2 heterocycles. The Balaban J connectivity index is 1.75. The number of hydrogen-bond donors (Lipinski definition) is 0. The van der Waals surface area contributed by atoms with Crippen LogP contribution in [-0.4, -0.2) is 11.5 Å². The van der Waals surface area contributed by atoms with Crippen molar-refractivity contribution in [2.75, 3.05) is 11.4 Å². The van der Waals surface area contributed by atoms with Crippen molar-refractivity contribution in [2.24, 2.45) is 0 Å². The van der Waals surface area contributed by atoms with Gasteiger partial charge >= 0.3 is 0 Å². The fraction of sp³-hybridized carbons (Fsp3) is 0.105. The van der Waals surface area contributed by atoms with Crippen molar-refractivity contribution < 1.29 is 0 Å². The maximum atomic E-state index is 5.99. The molecule has 0 bridgehead atoms. The Bertz CT molecular complexity index is 922. The van der Waals surface area contributed by atoms with E-state index in [4.69, 9.17) is 11.6 Å². The molecular weight excluding hydrogens is 324 g/mol. The van der Waals surface area contributed by atoms with Gasteiger partial charge in [0.1, 0.15) is 0 Å². The number of anilines is 1. The van der Waals surface area contributed by atoms with Gasteiger partial charge in [0.15, 0.2) is 0 Å². The molecule has 4 rings (SSSR count). The van der Waals surface area contributed by atoms with Crippen LogP contribution in [0.1, 0.15) is 12.5 Å². The third kappa shape index (κ3) is 2.78. The topological polar surface area (TPSA) is 16.1 Å². The maximum absolute atomic E-state index is 5.99. The van der Waals surface area contributed by atoms with Crippen LogP contribution in [0.25, 0.3) is 15.8 Å². The number of rotatable bonds is 2. The summed E-state index contributed by atoms with van der Waals surface area (Å²) < 4.78 is 1.22. The Morgan fingerprint density at radius 3 is 2.78 bits per heavy atom. The third-order valence-electron chi connectivity index (χ3n) is 4.10. The van der Waals surface area contributed by atoms with Crippen molar-refractivity contribution in [1.29, 1.82) is 0 Å². The second-order valence-electron chi connectivity index (χ2n) is 5.59. The van der Waals surface area contributed by atoms with E-state index < -0.39 is 0 Å². The van der Waals surface area contributed by atoms with Crippen molar-refractivity contribution in [3.8, 4) is 0 Å². The first-order chi connectivity index (χ1) is 11.2. The fourth-order valence-corrected chi connectivity index (χ4v) is 3.58. The number of fused-ring (bicyclic) bond motifs is 1. The van der Waals surface area contributed by atoms with E-state index in [0.717, 1.165) is 22.8 Å². The Hall–Kier alpha value is -2.10. The lowest BCUT2D eigenvalue weighted by molar-refractivity contribution is 1.06. The summed E-state index contributed by atoms with van der Waals surface area (Å²) in [6, 6.07) is 14.4. The number of halogens is 1. The van der Waals surface area contributed by atoms with Crippen LogP contribution >= 0.6 is 22.9 Å². The average Bonchev–Trinajstić information content (AvgIpc) is 3.04. The van der Waals surface area contributed by atoms with Gasteiger partial charge in [-0.2, -0.15) is 0 Å². The Kier molecular flexibility index (Phi) is 3.68. The van der Waals surface area contributed by atoms with E-state index in [1.54, 1.807) is 11.3 Å². The Labute approximate surface area is 144 Å². The highest BCUT2D eigenvalue weighted by molar-refractivity contribution is 7.16. The van der Waals surface area contributed by atoms with Gasteiger partial charge in [-0.05, 0) is 54.5 Å². The van der Waals surface area contributed by atoms with Crippen LogP contribution < -0.4 is 4.90 Å². The molecule has 0 atom stereocenters. The highest BCUT2D eigenvalue weighted by atomic mass is 35.5. The Morgan fingerprint density at radius 2 is 1.96 bits per heavy atom. The number of hydrogen-bond acceptors (Lipinski definition) is 3. The monoisotopic (exact) mass is 338 g/mol. The van der Waals surface area contributed by atoms with Crippen molar-refractivity contribution in [3.05, 3.63) is 76.4 Å². The molecule has 1 aromatic heterocycles. The molecule has 0 N–H and O–H groups in total. The number of aromatic nitrogens is 1. The predicted octanol–water partition coefficient (Wildman–Crippen LogP) is 5.76. The molecule has 3 aromatic rings. The van der Waals surface area contributed by atoms with Gasteiger partial charge in [0.2, 0.25) is 0 Å². The minimum atomic E-state index is 0.760. The normalized spacial score (nSPS) is 14.8. The summed E-state index contributed by atoms with van der Waals surface area (Å²) in [6.07, 6.45) is 4.47. The summed E-state index contributed by atoms with van der Waals surface area (Å²) in [5, 5.41) is 0.760. The molecule has 4 heteroatoms. The third-order valence-corrected chi connectivity index (χ3v) is 5.17. The molecule has 0 saturated carbocycles.